The number of aliphatic hydroxyl groups is 1. The molecule has 1 aromatic rings. The lowest BCUT2D eigenvalue weighted by Gasteiger charge is -2.16. The van der Waals surface area contributed by atoms with Crippen LogP contribution in [0.25, 0.3) is 0 Å². The van der Waals surface area contributed by atoms with E-state index in [1.54, 1.807) is 6.92 Å². The largest absolute Gasteiger partial charge is 0.393 e. The van der Waals surface area contributed by atoms with Crippen molar-refractivity contribution >= 4 is 5.78 Å². The fraction of sp³-hybridized carbons (Fsp3) is 0.500. The Hall–Kier alpha value is -1.19. The summed E-state index contributed by atoms with van der Waals surface area (Å²) in [5, 5.41) is 9.16. The zero-order valence-corrected chi connectivity index (χ0v) is 10.6. The van der Waals surface area contributed by atoms with Crippen LogP contribution in [-0.2, 0) is 11.2 Å². The summed E-state index contributed by atoms with van der Waals surface area (Å²) in [6, 6.07) is 9.77. The Bertz CT molecular complexity index is 335. The van der Waals surface area contributed by atoms with Gasteiger partial charge in [0, 0.05) is 13.0 Å². The van der Waals surface area contributed by atoms with Crippen LogP contribution in [0.4, 0.5) is 0 Å². The molecule has 0 spiro atoms. The molecule has 94 valence electrons. The van der Waals surface area contributed by atoms with Crippen LogP contribution in [0, 0.1) is 0 Å². The smallest absolute Gasteiger partial charge is 0.151 e. The van der Waals surface area contributed by atoms with Crippen molar-refractivity contribution in [3.05, 3.63) is 35.9 Å². The third-order valence-electron chi connectivity index (χ3n) is 2.62. The van der Waals surface area contributed by atoms with E-state index in [2.05, 4.69) is 0 Å². The SMILES string of the molecule is CC(O)CCN(C)CC(=O)Cc1ccccc1. The molecule has 0 saturated carbocycles. The first kappa shape index (κ1) is 13.9. The van der Waals surface area contributed by atoms with E-state index in [0.717, 1.165) is 12.1 Å². The van der Waals surface area contributed by atoms with Gasteiger partial charge in [-0.3, -0.25) is 9.69 Å². The van der Waals surface area contributed by atoms with Crippen LogP contribution in [0.1, 0.15) is 18.9 Å². The number of hydrogen-bond donors (Lipinski definition) is 1. The summed E-state index contributed by atoms with van der Waals surface area (Å²) in [4.78, 5) is 13.7. The van der Waals surface area contributed by atoms with Gasteiger partial charge in [-0.1, -0.05) is 30.3 Å². The number of carbonyl (C=O) groups excluding carboxylic acids is 1. The number of likely N-dealkylation sites (N-methyl/N-ethyl adjacent to an activating group) is 1. The monoisotopic (exact) mass is 235 g/mol. The van der Waals surface area contributed by atoms with Crippen molar-refractivity contribution in [3.8, 4) is 0 Å². The van der Waals surface area contributed by atoms with E-state index in [1.807, 2.05) is 42.3 Å². The summed E-state index contributed by atoms with van der Waals surface area (Å²) in [7, 11) is 1.91. The van der Waals surface area contributed by atoms with Gasteiger partial charge in [0.2, 0.25) is 0 Å². The molecule has 3 heteroatoms. The van der Waals surface area contributed by atoms with E-state index in [1.165, 1.54) is 0 Å². The van der Waals surface area contributed by atoms with Crippen molar-refractivity contribution in [1.82, 2.24) is 4.90 Å². The number of nitrogens with zero attached hydrogens (tertiary/aromatic N) is 1. The lowest BCUT2D eigenvalue weighted by atomic mass is 10.1. The molecule has 0 aromatic heterocycles. The van der Waals surface area contributed by atoms with Gasteiger partial charge in [-0.2, -0.15) is 0 Å². The van der Waals surface area contributed by atoms with Crippen LogP contribution in [-0.4, -0.2) is 42.0 Å². The normalized spacial score (nSPS) is 12.7. The van der Waals surface area contributed by atoms with Gasteiger partial charge >= 0.3 is 0 Å². The summed E-state index contributed by atoms with van der Waals surface area (Å²) in [6.07, 6.45) is 0.885. The maximum absolute atomic E-state index is 11.8. The maximum atomic E-state index is 11.8. The van der Waals surface area contributed by atoms with Crippen LogP contribution < -0.4 is 0 Å². The molecule has 1 aromatic carbocycles. The number of benzene rings is 1. The van der Waals surface area contributed by atoms with Crippen molar-refractivity contribution in [2.45, 2.75) is 25.9 Å². The average Bonchev–Trinajstić information content (AvgIpc) is 2.27. The molecule has 0 amide bonds. The highest BCUT2D eigenvalue weighted by Gasteiger charge is 2.08. The van der Waals surface area contributed by atoms with Gasteiger partial charge in [0.05, 0.1) is 12.6 Å². The first-order chi connectivity index (χ1) is 8.08. The number of ketones is 1. The highest BCUT2D eigenvalue weighted by Crippen LogP contribution is 2.01. The molecule has 1 unspecified atom stereocenters. The van der Waals surface area contributed by atoms with Crippen LogP contribution in [0.15, 0.2) is 30.3 Å². The molecule has 0 aliphatic rings. The van der Waals surface area contributed by atoms with Gasteiger partial charge in [0.15, 0.2) is 5.78 Å². The van der Waals surface area contributed by atoms with Crippen molar-refractivity contribution in [2.24, 2.45) is 0 Å². The predicted molar refractivity (Wildman–Crippen MR) is 68.9 cm³/mol. The molecule has 17 heavy (non-hydrogen) atoms. The molecule has 0 saturated heterocycles. The molecule has 1 N–H and O–H groups in total. The van der Waals surface area contributed by atoms with Crippen molar-refractivity contribution < 1.29 is 9.90 Å². The summed E-state index contributed by atoms with van der Waals surface area (Å²) in [5.41, 5.74) is 1.06. The Morgan fingerprint density at radius 3 is 2.59 bits per heavy atom. The van der Waals surface area contributed by atoms with E-state index in [4.69, 9.17) is 5.11 Å². The zero-order valence-electron chi connectivity index (χ0n) is 10.6. The van der Waals surface area contributed by atoms with Crippen LogP contribution in [0.5, 0.6) is 0 Å². The molecule has 0 heterocycles. The molecule has 0 radical (unpaired) electrons. The van der Waals surface area contributed by atoms with Gasteiger partial charge in [-0.15, -0.1) is 0 Å². The van der Waals surface area contributed by atoms with E-state index in [9.17, 15) is 4.79 Å². The topological polar surface area (TPSA) is 40.5 Å². The molecule has 0 aliphatic heterocycles. The fourth-order valence-corrected chi connectivity index (χ4v) is 1.67. The Labute approximate surface area is 103 Å². The molecule has 0 fully saturated rings. The molecule has 0 aliphatic carbocycles. The Morgan fingerprint density at radius 1 is 1.35 bits per heavy atom. The Kier molecular flexibility index (Phi) is 5.87. The van der Waals surface area contributed by atoms with Gasteiger partial charge in [-0.25, -0.2) is 0 Å². The third kappa shape index (κ3) is 6.19. The predicted octanol–water partition coefficient (Wildman–Crippen LogP) is 1.50. The van der Waals surface area contributed by atoms with E-state index >= 15 is 0 Å². The molecular formula is C14H21NO2. The molecule has 3 nitrogen and oxygen atoms in total. The minimum absolute atomic E-state index is 0.212. The fourth-order valence-electron chi connectivity index (χ4n) is 1.67. The highest BCUT2D eigenvalue weighted by molar-refractivity contribution is 5.82. The molecular weight excluding hydrogens is 214 g/mol. The second-order valence-electron chi connectivity index (χ2n) is 4.58. The van der Waals surface area contributed by atoms with Gasteiger partial charge < -0.3 is 5.11 Å². The van der Waals surface area contributed by atoms with Crippen LogP contribution in [0.2, 0.25) is 0 Å². The van der Waals surface area contributed by atoms with Gasteiger partial charge in [0.1, 0.15) is 0 Å². The minimum Gasteiger partial charge on any atom is -0.393 e. The van der Waals surface area contributed by atoms with Gasteiger partial charge in [0.25, 0.3) is 0 Å². The second kappa shape index (κ2) is 7.20. The van der Waals surface area contributed by atoms with E-state index < -0.39 is 0 Å². The lowest BCUT2D eigenvalue weighted by molar-refractivity contribution is -0.119. The lowest BCUT2D eigenvalue weighted by Crippen LogP contribution is -2.29. The highest BCUT2D eigenvalue weighted by atomic mass is 16.3. The summed E-state index contributed by atoms with van der Waals surface area (Å²) < 4.78 is 0. The van der Waals surface area contributed by atoms with E-state index in [-0.39, 0.29) is 11.9 Å². The first-order valence-corrected chi connectivity index (χ1v) is 6.00. The van der Waals surface area contributed by atoms with Crippen LogP contribution in [0.3, 0.4) is 0 Å². The van der Waals surface area contributed by atoms with Gasteiger partial charge in [-0.05, 0) is 26.0 Å². The van der Waals surface area contributed by atoms with Crippen molar-refractivity contribution in [1.29, 1.82) is 0 Å². The van der Waals surface area contributed by atoms with Crippen LogP contribution >= 0.6 is 0 Å². The maximum Gasteiger partial charge on any atom is 0.151 e. The van der Waals surface area contributed by atoms with Crippen molar-refractivity contribution in [3.63, 3.8) is 0 Å². The zero-order chi connectivity index (χ0) is 12.7. The first-order valence-electron chi connectivity index (χ1n) is 6.00. The molecule has 1 rings (SSSR count). The minimum atomic E-state index is -0.304. The molecule has 1 atom stereocenters. The number of carbonyl (C=O) groups is 1. The second-order valence-corrected chi connectivity index (χ2v) is 4.58. The quantitative estimate of drug-likeness (QED) is 0.778. The Morgan fingerprint density at radius 2 is 2.00 bits per heavy atom. The number of rotatable bonds is 7. The summed E-state index contributed by atoms with van der Waals surface area (Å²) in [6.45, 7) is 2.96. The Balaban J connectivity index is 2.29. The summed E-state index contributed by atoms with van der Waals surface area (Å²) in [5.74, 6) is 0.212. The summed E-state index contributed by atoms with van der Waals surface area (Å²) >= 11 is 0. The third-order valence-corrected chi connectivity index (χ3v) is 2.62. The number of aliphatic hydroxyl groups excluding tert-OH is 1. The number of hydrogen-bond acceptors (Lipinski definition) is 3. The number of Topliss-reactive ketones (excluding diaryl/α,β-unsaturated/α-hetero) is 1. The van der Waals surface area contributed by atoms with E-state index in [0.29, 0.717) is 19.4 Å². The van der Waals surface area contributed by atoms with Crippen molar-refractivity contribution in [2.75, 3.05) is 20.1 Å². The standard InChI is InChI=1S/C14H21NO2/c1-12(16)8-9-15(2)11-14(17)10-13-6-4-3-5-7-13/h3-7,12,16H,8-11H2,1-2H3. The molecule has 0 bridgehead atoms. The average molecular weight is 235 g/mol.